The van der Waals surface area contributed by atoms with Crippen LogP contribution in [-0.2, 0) is 0 Å². The zero-order valence-electron chi connectivity index (χ0n) is 14.9. The summed E-state index contributed by atoms with van der Waals surface area (Å²) in [6, 6.07) is 7.65. The lowest BCUT2D eigenvalue weighted by atomic mass is 9.93. The molecule has 1 N–H and O–H groups in total. The molecule has 1 heterocycles. The van der Waals surface area contributed by atoms with Gasteiger partial charge in [-0.05, 0) is 43.0 Å². The van der Waals surface area contributed by atoms with E-state index in [-0.39, 0.29) is 6.10 Å². The summed E-state index contributed by atoms with van der Waals surface area (Å²) in [5.74, 6) is 2.64. The first-order chi connectivity index (χ1) is 10.9. The van der Waals surface area contributed by atoms with Gasteiger partial charge >= 0.3 is 0 Å². The minimum absolute atomic E-state index is 0.0516. The molecule has 0 radical (unpaired) electrons. The van der Waals surface area contributed by atoms with E-state index in [4.69, 9.17) is 9.47 Å². The van der Waals surface area contributed by atoms with Gasteiger partial charge in [0, 0.05) is 20.1 Å². The summed E-state index contributed by atoms with van der Waals surface area (Å²) >= 11 is 0. The molecule has 1 saturated heterocycles. The van der Waals surface area contributed by atoms with Crippen molar-refractivity contribution in [3.05, 3.63) is 24.3 Å². The van der Waals surface area contributed by atoms with E-state index in [1.807, 2.05) is 31.3 Å². The molecule has 1 aliphatic heterocycles. The Hall–Kier alpha value is -1.91. The van der Waals surface area contributed by atoms with E-state index in [9.17, 15) is 0 Å². The second-order valence-corrected chi connectivity index (χ2v) is 6.87. The number of methoxy groups -OCH3 is 1. The predicted octanol–water partition coefficient (Wildman–Crippen LogP) is 2.77. The number of nitrogens with zero attached hydrogens (tertiary/aromatic N) is 2. The molecule has 1 atom stereocenters. The lowest BCUT2D eigenvalue weighted by Crippen LogP contribution is -2.44. The van der Waals surface area contributed by atoms with E-state index in [0.717, 1.165) is 37.1 Å². The van der Waals surface area contributed by atoms with Crippen molar-refractivity contribution in [1.29, 1.82) is 0 Å². The van der Waals surface area contributed by atoms with E-state index in [0.29, 0.717) is 5.41 Å². The Morgan fingerprint density at radius 2 is 1.96 bits per heavy atom. The molecule has 1 aliphatic rings. The maximum Gasteiger partial charge on any atom is 0.193 e. The van der Waals surface area contributed by atoms with Crippen LogP contribution in [0.3, 0.4) is 0 Å². The highest BCUT2D eigenvalue weighted by Crippen LogP contribution is 2.28. The number of nitrogens with one attached hydrogen (secondary N) is 1. The normalized spacial score (nSPS) is 18.7. The highest BCUT2D eigenvalue weighted by Gasteiger charge is 2.30. The largest absolute Gasteiger partial charge is 0.497 e. The number of benzene rings is 1. The third kappa shape index (κ3) is 5.05. The lowest BCUT2D eigenvalue weighted by Gasteiger charge is -2.25. The summed E-state index contributed by atoms with van der Waals surface area (Å²) in [5, 5.41) is 3.42. The van der Waals surface area contributed by atoms with E-state index in [2.05, 4.69) is 36.0 Å². The number of hydrogen-bond donors (Lipinski definition) is 1. The summed E-state index contributed by atoms with van der Waals surface area (Å²) in [4.78, 5) is 6.72. The smallest absolute Gasteiger partial charge is 0.193 e. The van der Waals surface area contributed by atoms with Crippen molar-refractivity contribution >= 4 is 5.96 Å². The molecule has 128 valence electrons. The van der Waals surface area contributed by atoms with Crippen LogP contribution in [0.1, 0.15) is 27.2 Å². The summed E-state index contributed by atoms with van der Waals surface area (Å²) in [7, 11) is 3.50. The molecule has 1 aromatic rings. The highest BCUT2D eigenvalue weighted by atomic mass is 16.5. The van der Waals surface area contributed by atoms with E-state index in [1.54, 1.807) is 7.11 Å². The van der Waals surface area contributed by atoms with Crippen LogP contribution >= 0.6 is 0 Å². The zero-order valence-corrected chi connectivity index (χ0v) is 14.9. The van der Waals surface area contributed by atoms with Crippen LogP contribution in [0.2, 0.25) is 0 Å². The fraction of sp³-hybridized carbons (Fsp3) is 0.611. The van der Waals surface area contributed by atoms with Crippen LogP contribution in [-0.4, -0.2) is 50.8 Å². The Morgan fingerprint density at radius 1 is 1.30 bits per heavy atom. The molecule has 5 heteroatoms. The van der Waals surface area contributed by atoms with Crippen molar-refractivity contribution in [1.82, 2.24) is 10.2 Å². The van der Waals surface area contributed by atoms with Crippen LogP contribution in [0.15, 0.2) is 29.3 Å². The monoisotopic (exact) mass is 319 g/mol. The van der Waals surface area contributed by atoms with Crippen molar-refractivity contribution in [3.8, 4) is 11.5 Å². The first-order valence-corrected chi connectivity index (χ1v) is 8.20. The molecule has 1 aromatic carbocycles. The number of guanidine groups is 1. The van der Waals surface area contributed by atoms with Gasteiger partial charge in [0.15, 0.2) is 5.96 Å². The van der Waals surface area contributed by atoms with E-state index in [1.165, 1.54) is 6.42 Å². The summed E-state index contributed by atoms with van der Waals surface area (Å²) in [6.07, 6.45) is 1.25. The lowest BCUT2D eigenvalue weighted by molar-refractivity contribution is 0.222. The van der Waals surface area contributed by atoms with Crippen LogP contribution in [0.25, 0.3) is 0 Å². The number of hydrogen-bond acceptors (Lipinski definition) is 3. The first kappa shape index (κ1) is 17.4. The van der Waals surface area contributed by atoms with Gasteiger partial charge in [0.25, 0.3) is 0 Å². The number of rotatable bonds is 5. The number of likely N-dealkylation sites (tertiary alicyclic amines) is 1. The average Bonchev–Trinajstić information content (AvgIpc) is 2.88. The Labute approximate surface area is 139 Å². The first-order valence-electron chi connectivity index (χ1n) is 8.20. The summed E-state index contributed by atoms with van der Waals surface area (Å²) in [5.41, 5.74) is 0.364. The van der Waals surface area contributed by atoms with Crippen LogP contribution in [0.5, 0.6) is 11.5 Å². The fourth-order valence-electron chi connectivity index (χ4n) is 2.79. The SMILES string of the molecule is CN=C(NCC(C)Oc1ccc(OC)cc1)N1CCC(C)(C)C1. The average molecular weight is 319 g/mol. The minimum Gasteiger partial charge on any atom is -0.497 e. The van der Waals surface area contributed by atoms with Gasteiger partial charge in [0.05, 0.1) is 13.7 Å². The zero-order chi connectivity index (χ0) is 16.9. The molecule has 0 bridgehead atoms. The quantitative estimate of drug-likeness (QED) is 0.669. The van der Waals surface area contributed by atoms with Crippen LogP contribution in [0.4, 0.5) is 0 Å². The van der Waals surface area contributed by atoms with Crippen molar-refractivity contribution in [2.75, 3.05) is 33.8 Å². The van der Waals surface area contributed by atoms with Gasteiger partial charge < -0.3 is 19.7 Å². The molecular weight excluding hydrogens is 290 g/mol. The fourth-order valence-corrected chi connectivity index (χ4v) is 2.79. The number of ether oxygens (including phenoxy) is 2. The highest BCUT2D eigenvalue weighted by molar-refractivity contribution is 5.80. The predicted molar refractivity (Wildman–Crippen MR) is 94.4 cm³/mol. The molecule has 0 saturated carbocycles. The molecular formula is C18H29N3O2. The van der Waals surface area contributed by atoms with Gasteiger partial charge in [-0.15, -0.1) is 0 Å². The molecule has 0 spiro atoms. The van der Waals surface area contributed by atoms with Crippen molar-refractivity contribution in [2.24, 2.45) is 10.4 Å². The molecule has 1 unspecified atom stereocenters. The Kier molecular flexibility index (Phi) is 5.74. The standard InChI is InChI=1S/C18H29N3O2/c1-14(23-16-8-6-15(22-5)7-9-16)12-20-17(19-4)21-11-10-18(2,3)13-21/h6-9,14H,10-13H2,1-5H3,(H,19,20). The van der Waals surface area contributed by atoms with E-state index < -0.39 is 0 Å². The Bertz CT molecular complexity index is 526. The van der Waals surface area contributed by atoms with Gasteiger partial charge in [0.1, 0.15) is 17.6 Å². The molecule has 0 aliphatic carbocycles. The Morgan fingerprint density at radius 3 is 2.48 bits per heavy atom. The van der Waals surface area contributed by atoms with Crippen LogP contribution in [0, 0.1) is 5.41 Å². The maximum atomic E-state index is 5.92. The van der Waals surface area contributed by atoms with Gasteiger partial charge in [-0.2, -0.15) is 0 Å². The molecule has 5 nitrogen and oxygen atoms in total. The topological polar surface area (TPSA) is 46.1 Å². The van der Waals surface area contributed by atoms with Crippen molar-refractivity contribution < 1.29 is 9.47 Å². The third-order valence-electron chi connectivity index (χ3n) is 4.13. The van der Waals surface area contributed by atoms with Gasteiger partial charge in [-0.3, -0.25) is 4.99 Å². The summed E-state index contributed by atoms with van der Waals surface area (Å²) in [6.45, 7) is 9.47. The molecule has 0 aromatic heterocycles. The second-order valence-electron chi connectivity index (χ2n) is 6.87. The maximum absolute atomic E-state index is 5.92. The van der Waals surface area contributed by atoms with Crippen LogP contribution < -0.4 is 14.8 Å². The molecule has 1 fully saturated rings. The third-order valence-corrected chi connectivity index (χ3v) is 4.13. The Balaban J connectivity index is 1.81. The molecule has 0 amide bonds. The van der Waals surface area contributed by atoms with Gasteiger partial charge in [-0.25, -0.2) is 0 Å². The van der Waals surface area contributed by atoms with Crippen molar-refractivity contribution in [3.63, 3.8) is 0 Å². The molecule has 23 heavy (non-hydrogen) atoms. The minimum atomic E-state index is 0.0516. The van der Waals surface area contributed by atoms with Gasteiger partial charge in [-0.1, -0.05) is 13.8 Å². The van der Waals surface area contributed by atoms with E-state index >= 15 is 0 Å². The second kappa shape index (κ2) is 7.57. The molecule has 2 rings (SSSR count). The summed E-state index contributed by atoms with van der Waals surface area (Å²) < 4.78 is 11.1. The van der Waals surface area contributed by atoms with Gasteiger partial charge in [0.2, 0.25) is 0 Å². The number of aliphatic imine (C=N–C) groups is 1. The van der Waals surface area contributed by atoms with Crippen molar-refractivity contribution in [2.45, 2.75) is 33.3 Å².